The lowest BCUT2D eigenvalue weighted by Crippen LogP contribution is -2.32. The Morgan fingerprint density at radius 2 is 2.17 bits per heavy atom. The molecule has 1 saturated heterocycles. The molecule has 1 aromatic heterocycles. The summed E-state index contributed by atoms with van der Waals surface area (Å²) < 4.78 is 1.93. The highest BCUT2D eigenvalue weighted by molar-refractivity contribution is 5.92. The second kappa shape index (κ2) is 12.5. The van der Waals surface area contributed by atoms with E-state index in [1.807, 2.05) is 16.9 Å². The van der Waals surface area contributed by atoms with Crippen LogP contribution in [0.4, 0.5) is 0 Å². The minimum Gasteiger partial charge on any atom is -0.351 e. The molecule has 1 fully saturated rings. The van der Waals surface area contributed by atoms with Gasteiger partial charge in [-0.05, 0) is 51.5 Å². The van der Waals surface area contributed by atoms with Gasteiger partial charge in [0.25, 0.3) is 5.91 Å². The molecular weight excluding hydrogens is 349 g/mol. The third kappa shape index (κ3) is 6.97. The van der Waals surface area contributed by atoms with E-state index in [4.69, 9.17) is 0 Å². The molecule has 0 bridgehead atoms. The Balaban J connectivity index is 0.00000264. The molecule has 0 saturated carbocycles. The van der Waals surface area contributed by atoms with Crippen molar-refractivity contribution in [3.8, 4) is 0 Å². The molecule has 0 aromatic carbocycles. The van der Waals surface area contributed by atoms with Crippen molar-refractivity contribution < 1.29 is 4.79 Å². The average molecular weight is 380 g/mol. The summed E-state index contributed by atoms with van der Waals surface area (Å²) in [5.74, 6) is -0.0675. The molecule has 1 aromatic rings. The summed E-state index contributed by atoms with van der Waals surface area (Å²) in [4.78, 5) is 14.5. The number of carbonyl (C=O) groups excluding carboxylic acids is 1. The highest BCUT2D eigenvalue weighted by atomic mass is 35.5. The number of rotatable bonds is 8. The van der Waals surface area contributed by atoms with E-state index in [1.54, 1.807) is 0 Å². The second-order valence-electron chi connectivity index (χ2n) is 5.82. The number of aromatic nitrogens is 2. The van der Waals surface area contributed by atoms with Gasteiger partial charge in [-0.1, -0.05) is 13.8 Å². The fourth-order valence-corrected chi connectivity index (χ4v) is 2.86. The van der Waals surface area contributed by atoms with Crippen LogP contribution in [0.5, 0.6) is 0 Å². The summed E-state index contributed by atoms with van der Waals surface area (Å²) in [6.07, 6.45) is 5.18. The average Bonchev–Trinajstić information content (AvgIpc) is 3.06. The van der Waals surface area contributed by atoms with Crippen molar-refractivity contribution in [2.24, 2.45) is 0 Å². The summed E-state index contributed by atoms with van der Waals surface area (Å²) in [5, 5.41) is 10.8. The Bertz CT molecular complexity index is 459. The fourth-order valence-electron chi connectivity index (χ4n) is 2.86. The van der Waals surface area contributed by atoms with Crippen molar-refractivity contribution >= 4 is 30.7 Å². The van der Waals surface area contributed by atoms with Crippen LogP contribution in [0.1, 0.15) is 49.6 Å². The molecule has 1 aliphatic heterocycles. The van der Waals surface area contributed by atoms with E-state index >= 15 is 0 Å². The Labute approximate surface area is 157 Å². The molecule has 2 heterocycles. The predicted octanol–water partition coefficient (Wildman–Crippen LogP) is 2.11. The first-order valence-electron chi connectivity index (χ1n) is 8.51. The summed E-state index contributed by atoms with van der Waals surface area (Å²) in [7, 11) is 0. The van der Waals surface area contributed by atoms with E-state index in [0.29, 0.717) is 18.3 Å². The Morgan fingerprint density at radius 3 is 2.79 bits per heavy atom. The van der Waals surface area contributed by atoms with E-state index in [-0.39, 0.29) is 30.7 Å². The normalized spacial score (nSPS) is 17.0. The maximum absolute atomic E-state index is 12.1. The first kappa shape index (κ1) is 23.2. The molecule has 0 radical (unpaired) electrons. The topological polar surface area (TPSA) is 62.2 Å². The van der Waals surface area contributed by atoms with Crippen molar-refractivity contribution in [1.29, 1.82) is 0 Å². The summed E-state index contributed by atoms with van der Waals surface area (Å²) in [6, 6.07) is 2.19. The van der Waals surface area contributed by atoms with E-state index in [0.717, 1.165) is 52.0 Å². The van der Waals surface area contributed by atoms with Crippen LogP contribution in [0, 0.1) is 0 Å². The van der Waals surface area contributed by atoms with Crippen LogP contribution in [0.3, 0.4) is 0 Å². The highest BCUT2D eigenvalue weighted by Crippen LogP contribution is 2.15. The summed E-state index contributed by atoms with van der Waals surface area (Å²) in [6.45, 7) is 10.2. The fraction of sp³-hybridized carbons (Fsp3) is 0.750. The van der Waals surface area contributed by atoms with Gasteiger partial charge < -0.3 is 15.5 Å². The molecule has 0 spiro atoms. The number of hydrogen-bond donors (Lipinski definition) is 2. The molecule has 1 aliphatic rings. The monoisotopic (exact) mass is 379 g/mol. The van der Waals surface area contributed by atoms with Gasteiger partial charge in [-0.25, -0.2) is 0 Å². The maximum Gasteiger partial charge on any atom is 0.271 e. The zero-order chi connectivity index (χ0) is 15.8. The number of halogens is 2. The van der Waals surface area contributed by atoms with Gasteiger partial charge in [-0.3, -0.25) is 9.48 Å². The van der Waals surface area contributed by atoms with Gasteiger partial charge >= 0.3 is 0 Å². The van der Waals surface area contributed by atoms with Crippen LogP contribution in [-0.4, -0.2) is 59.9 Å². The lowest BCUT2D eigenvalue weighted by atomic mass is 10.1. The molecular formula is C16H31Cl2N5O. The van der Waals surface area contributed by atoms with Crippen LogP contribution in [0.25, 0.3) is 0 Å². The van der Waals surface area contributed by atoms with Gasteiger partial charge in [0.2, 0.25) is 0 Å². The van der Waals surface area contributed by atoms with Crippen LogP contribution >= 0.6 is 24.8 Å². The zero-order valence-corrected chi connectivity index (χ0v) is 16.3. The van der Waals surface area contributed by atoms with Crippen molar-refractivity contribution in [3.05, 3.63) is 18.0 Å². The SMILES string of the molecule is CCN(CC)CCCNC(=O)c1ccn(C2CCCNC2)n1.Cl.Cl. The van der Waals surface area contributed by atoms with Gasteiger partial charge in [-0.2, -0.15) is 5.10 Å². The molecule has 8 heteroatoms. The van der Waals surface area contributed by atoms with Crippen LogP contribution in [0.2, 0.25) is 0 Å². The molecule has 140 valence electrons. The molecule has 2 rings (SSSR count). The lowest BCUT2D eigenvalue weighted by molar-refractivity contribution is 0.0945. The second-order valence-corrected chi connectivity index (χ2v) is 5.82. The Hall–Kier alpha value is -0.820. The molecule has 1 amide bonds. The molecule has 6 nitrogen and oxygen atoms in total. The number of hydrogen-bond acceptors (Lipinski definition) is 4. The van der Waals surface area contributed by atoms with Crippen molar-refractivity contribution in [2.75, 3.05) is 39.3 Å². The lowest BCUT2D eigenvalue weighted by Gasteiger charge is -2.22. The number of amides is 1. The van der Waals surface area contributed by atoms with E-state index in [9.17, 15) is 4.79 Å². The molecule has 2 N–H and O–H groups in total. The van der Waals surface area contributed by atoms with E-state index < -0.39 is 0 Å². The molecule has 24 heavy (non-hydrogen) atoms. The zero-order valence-electron chi connectivity index (χ0n) is 14.7. The largest absolute Gasteiger partial charge is 0.351 e. The van der Waals surface area contributed by atoms with Crippen LogP contribution < -0.4 is 10.6 Å². The number of carbonyl (C=O) groups is 1. The van der Waals surface area contributed by atoms with E-state index in [1.165, 1.54) is 0 Å². The smallest absolute Gasteiger partial charge is 0.271 e. The van der Waals surface area contributed by atoms with Gasteiger partial charge in [0, 0.05) is 19.3 Å². The standard InChI is InChI=1S/C16H29N5O.2ClH/c1-3-20(4-2)11-6-10-18-16(22)15-8-12-21(19-15)14-7-5-9-17-13-14;;/h8,12,14,17H,3-7,9-11,13H2,1-2H3,(H,18,22);2*1H. The van der Waals surface area contributed by atoms with Crippen molar-refractivity contribution in [1.82, 2.24) is 25.3 Å². The Kier molecular flexibility index (Phi) is 12.1. The number of nitrogens with one attached hydrogen (secondary N) is 2. The highest BCUT2D eigenvalue weighted by Gasteiger charge is 2.17. The van der Waals surface area contributed by atoms with Gasteiger partial charge in [0.1, 0.15) is 5.69 Å². The first-order chi connectivity index (χ1) is 10.7. The third-order valence-electron chi connectivity index (χ3n) is 4.32. The molecule has 1 atom stereocenters. The quantitative estimate of drug-likeness (QED) is 0.679. The predicted molar refractivity (Wildman–Crippen MR) is 103 cm³/mol. The molecule has 0 aliphatic carbocycles. The maximum atomic E-state index is 12.1. The summed E-state index contributed by atoms with van der Waals surface area (Å²) in [5.41, 5.74) is 0.522. The van der Waals surface area contributed by atoms with Crippen molar-refractivity contribution in [2.45, 2.75) is 39.2 Å². The minimum absolute atomic E-state index is 0. The molecule has 1 unspecified atom stereocenters. The Morgan fingerprint density at radius 1 is 1.42 bits per heavy atom. The number of piperidine rings is 1. The van der Waals surface area contributed by atoms with Gasteiger partial charge in [0.05, 0.1) is 6.04 Å². The summed E-state index contributed by atoms with van der Waals surface area (Å²) >= 11 is 0. The van der Waals surface area contributed by atoms with E-state index in [2.05, 4.69) is 34.5 Å². The van der Waals surface area contributed by atoms with Crippen molar-refractivity contribution in [3.63, 3.8) is 0 Å². The third-order valence-corrected chi connectivity index (χ3v) is 4.32. The van der Waals surface area contributed by atoms with Gasteiger partial charge in [0.15, 0.2) is 0 Å². The van der Waals surface area contributed by atoms with Gasteiger partial charge in [-0.15, -0.1) is 24.8 Å². The van der Waals surface area contributed by atoms with Crippen LogP contribution in [-0.2, 0) is 0 Å². The van der Waals surface area contributed by atoms with Crippen LogP contribution in [0.15, 0.2) is 12.3 Å². The number of nitrogens with zero attached hydrogens (tertiary/aromatic N) is 3. The first-order valence-corrected chi connectivity index (χ1v) is 8.51. The minimum atomic E-state index is -0.0675.